The van der Waals surface area contributed by atoms with E-state index in [9.17, 15) is 13.2 Å². The second-order valence-corrected chi connectivity index (χ2v) is 4.77. The number of hydrogen-bond acceptors (Lipinski definition) is 4. The Hall–Kier alpha value is -2.55. The zero-order chi connectivity index (χ0) is 16.9. The highest BCUT2D eigenvalue weighted by Crippen LogP contribution is 2.28. The SMILES string of the molecule is COc1ccc(NC(=S)NNc2ccc(C(F)(F)F)cn2)cc1. The van der Waals surface area contributed by atoms with Crippen LogP contribution in [0.2, 0.25) is 0 Å². The lowest BCUT2D eigenvalue weighted by molar-refractivity contribution is -0.137. The lowest BCUT2D eigenvalue weighted by atomic mass is 10.3. The van der Waals surface area contributed by atoms with E-state index in [1.165, 1.54) is 6.07 Å². The van der Waals surface area contributed by atoms with Gasteiger partial charge in [-0.25, -0.2) is 4.98 Å². The minimum Gasteiger partial charge on any atom is -0.497 e. The van der Waals surface area contributed by atoms with E-state index in [0.717, 1.165) is 18.0 Å². The van der Waals surface area contributed by atoms with Gasteiger partial charge in [0.1, 0.15) is 11.6 Å². The van der Waals surface area contributed by atoms with Crippen LogP contribution in [0, 0.1) is 0 Å². The maximum atomic E-state index is 12.4. The number of thiocarbonyl (C=S) groups is 1. The fourth-order valence-electron chi connectivity index (χ4n) is 1.59. The molecular weight excluding hydrogens is 329 g/mol. The Bertz CT molecular complexity index is 659. The van der Waals surface area contributed by atoms with E-state index in [-0.39, 0.29) is 10.9 Å². The number of ether oxygens (including phenoxy) is 1. The first kappa shape index (κ1) is 16.8. The second kappa shape index (κ2) is 7.14. The van der Waals surface area contributed by atoms with E-state index >= 15 is 0 Å². The van der Waals surface area contributed by atoms with Crippen molar-refractivity contribution in [2.24, 2.45) is 0 Å². The van der Waals surface area contributed by atoms with Crippen molar-refractivity contribution in [1.29, 1.82) is 0 Å². The van der Waals surface area contributed by atoms with Crippen LogP contribution in [-0.4, -0.2) is 17.2 Å². The average molecular weight is 342 g/mol. The molecule has 0 amide bonds. The third kappa shape index (κ3) is 4.99. The van der Waals surface area contributed by atoms with Crippen molar-refractivity contribution in [2.75, 3.05) is 17.9 Å². The van der Waals surface area contributed by atoms with Crippen LogP contribution in [0.3, 0.4) is 0 Å². The van der Waals surface area contributed by atoms with Crippen LogP contribution < -0.4 is 20.9 Å². The van der Waals surface area contributed by atoms with E-state index in [4.69, 9.17) is 17.0 Å². The molecule has 23 heavy (non-hydrogen) atoms. The normalized spacial score (nSPS) is 10.8. The summed E-state index contributed by atoms with van der Waals surface area (Å²) in [6.07, 6.45) is -3.67. The Labute approximate surface area is 135 Å². The topological polar surface area (TPSA) is 58.2 Å². The summed E-state index contributed by atoms with van der Waals surface area (Å²) in [5.74, 6) is 0.915. The quantitative estimate of drug-likeness (QED) is 0.585. The Morgan fingerprint density at radius 1 is 1.13 bits per heavy atom. The number of methoxy groups -OCH3 is 1. The molecule has 0 spiro atoms. The van der Waals surface area contributed by atoms with Gasteiger partial charge in [0.25, 0.3) is 0 Å². The van der Waals surface area contributed by atoms with Crippen molar-refractivity contribution in [2.45, 2.75) is 6.18 Å². The van der Waals surface area contributed by atoms with Crippen molar-refractivity contribution in [1.82, 2.24) is 10.4 Å². The first-order valence-electron chi connectivity index (χ1n) is 6.39. The van der Waals surface area contributed by atoms with Crippen LogP contribution >= 0.6 is 12.2 Å². The van der Waals surface area contributed by atoms with Gasteiger partial charge in [0.2, 0.25) is 0 Å². The maximum absolute atomic E-state index is 12.4. The molecule has 1 aromatic carbocycles. The minimum atomic E-state index is -4.41. The monoisotopic (exact) mass is 342 g/mol. The molecule has 0 aliphatic carbocycles. The molecule has 0 aliphatic rings. The van der Waals surface area contributed by atoms with E-state index < -0.39 is 11.7 Å². The van der Waals surface area contributed by atoms with Gasteiger partial charge in [-0.2, -0.15) is 13.2 Å². The molecule has 122 valence electrons. The predicted octanol–water partition coefficient (Wildman–Crippen LogP) is 3.42. The first-order valence-corrected chi connectivity index (χ1v) is 6.79. The summed E-state index contributed by atoms with van der Waals surface area (Å²) < 4.78 is 42.3. The fourth-order valence-corrected chi connectivity index (χ4v) is 1.76. The first-order chi connectivity index (χ1) is 10.9. The summed E-state index contributed by atoms with van der Waals surface area (Å²) in [6.45, 7) is 0. The van der Waals surface area contributed by atoms with Crippen molar-refractivity contribution >= 4 is 28.8 Å². The third-order valence-corrected chi connectivity index (χ3v) is 2.95. The molecule has 1 aromatic heterocycles. The largest absolute Gasteiger partial charge is 0.497 e. The highest BCUT2D eigenvalue weighted by atomic mass is 32.1. The summed E-state index contributed by atoms with van der Waals surface area (Å²) in [7, 11) is 1.57. The number of aromatic nitrogens is 1. The number of benzene rings is 1. The summed E-state index contributed by atoms with van der Waals surface area (Å²) in [5, 5.41) is 3.13. The number of anilines is 2. The highest BCUT2D eigenvalue weighted by molar-refractivity contribution is 7.80. The zero-order valence-corrected chi connectivity index (χ0v) is 12.8. The summed E-state index contributed by atoms with van der Waals surface area (Å²) in [6, 6.07) is 9.18. The zero-order valence-electron chi connectivity index (χ0n) is 11.9. The second-order valence-electron chi connectivity index (χ2n) is 4.36. The van der Waals surface area contributed by atoms with Gasteiger partial charge < -0.3 is 10.1 Å². The van der Waals surface area contributed by atoms with Crippen LogP contribution in [-0.2, 0) is 6.18 Å². The molecule has 1 heterocycles. The van der Waals surface area contributed by atoms with Crippen molar-refractivity contribution in [3.63, 3.8) is 0 Å². The summed E-state index contributed by atoms with van der Waals surface area (Å²) in [5.41, 5.74) is 5.15. The molecule has 0 saturated heterocycles. The lowest BCUT2D eigenvalue weighted by Crippen LogP contribution is -2.33. The van der Waals surface area contributed by atoms with Gasteiger partial charge >= 0.3 is 6.18 Å². The Kier molecular flexibility index (Phi) is 5.22. The van der Waals surface area contributed by atoms with Gasteiger partial charge in [-0.3, -0.25) is 10.9 Å². The summed E-state index contributed by atoms with van der Waals surface area (Å²) in [4.78, 5) is 3.65. The molecule has 3 N–H and O–H groups in total. The van der Waals surface area contributed by atoms with Crippen LogP contribution in [0.4, 0.5) is 24.7 Å². The van der Waals surface area contributed by atoms with Gasteiger partial charge in [-0.1, -0.05) is 0 Å². The molecule has 2 aromatic rings. The maximum Gasteiger partial charge on any atom is 0.417 e. The van der Waals surface area contributed by atoms with Crippen molar-refractivity contribution < 1.29 is 17.9 Å². The molecule has 5 nitrogen and oxygen atoms in total. The van der Waals surface area contributed by atoms with Gasteiger partial charge in [0.05, 0.1) is 12.7 Å². The number of alkyl halides is 3. The molecule has 0 atom stereocenters. The molecule has 9 heteroatoms. The molecule has 0 radical (unpaired) electrons. The molecule has 0 aliphatic heterocycles. The van der Waals surface area contributed by atoms with Gasteiger partial charge in [-0.05, 0) is 48.6 Å². The molecule has 2 rings (SSSR count). The number of hydrazine groups is 1. The van der Waals surface area contributed by atoms with Crippen molar-refractivity contribution in [3.05, 3.63) is 48.2 Å². The van der Waals surface area contributed by atoms with Gasteiger partial charge in [-0.15, -0.1) is 0 Å². The van der Waals surface area contributed by atoms with E-state index in [1.54, 1.807) is 31.4 Å². The Balaban J connectivity index is 1.86. The Morgan fingerprint density at radius 2 is 1.83 bits per heavy atom. The van der Waals surface area contributed by atoms with E-state index in [1.807, 2.05) is 0 Å². The van der Waals surface area contributed by atoms with E-state index in [0.29, 0.717) is 5.75 Å². The third-order valence-electron chi connectivity index (χ3n) is 2.74. The van der Waals surface area contributed by atoms with Crippen LogP contribution in [0.1, 0.15) is 5.56 Å². The molecule has 0 fully saturated rings. The highest BCUT2D eigenvalue weighted by Gasteiger charge is 2.30. The molecule has 0 unspecified atom stereocenters. The van der Waals surface area contributed by atoms with Crippen LogP contribution in [0.5, 0.6) is 5.75 Å². The number of rotatable bonds is 4. The molecule has 0 saturated carbocycles. The fraction of sp³-hybridized carbons (Fsp3) is 0.143. The number of nitrogens with zero attached hydrogens (tertiary/aromatic N) is 1. The average Bonchev–Trinajstić information content (AvgIpc) is 2.53. The smallest absolute Gasteiger partial charge is 0.417 e. The standard InChI is InChI=1S/C14H13F3N4OS/c1-22-11-5-3-10(4-6-11)19-13(23)21-20-12-7-2-9(8-18-12)14(15,16)17/h2-8H,1H3,(H,18,20)(H2,19,21,23). The number of pyridine rings is 1. The number of nitrogens with one attached hydrogen (secondary N) is 3. The minimum absolute atomic E-state index is 0.205. The van der Waals surface area contributed by atoms with E-state index in [2.05, 4.69) is 21.2 Å². The lowest BCUT2D eigenvalue weighted by Gasteiger charge is -2.13. The number of halogens is 3. The number of hydrogen-bond donors (Lipinski definition) is 3. The predicted molar refractivity (Wildman–Crippen MR) is 85.2 cm³/mol. The van der Waals surface area contributed by atoms with Crippen LogP contribution in [0.25, 0.3) is 0 Å². The summed E-state index contributed by atoms with van der Waals surface area (Å²) >= 11 is 5.06. The molecular formula is C14H13F3N4OS. The van der Waals surface area contributed by atoms with Gasteiger partial charge in [0, 0.05) is 11.9 Å². The van der Waals surface area contributed by atoms with Crippen LogP contribution in [0.15, 0.2) is 42.6 Å². The van der Waals surface area contributed by atoms with Gasteiger partial charge in [0.15, 0.2) is 5.11 Å². The molecule has 0 bridgehead atoms. The van der Waals surface area contributed by atoms with Crippen molar-refractivity contribution in [3.8, 4) is 5.75 Å². The Morgan fingerprint density at radius 3 is 2.35 bits per heavy atom.